The number of aryl methyl sites for hydroxylation is 1. The number of carbonyl (C=O) groups is 2. The first kappa shape index (κ1) is 22.2. The average molecular weight is 468 g/mol. The second kappa shape index (κ2) is 9.21. The van der Waals surface area contributed by atoms with Crippen molar-refractivity contribution in [2.45, 2.75) is 17.9 Å². The van der Waals surface area contributed by atoms with Gasteiger partial charge < -0.3 is 9.47 Å². The third kappa shape index (κ3) is 5.24. The number of hydrogen-bond donors (Lipinski definition) is 3. The Balaban J connectivity index is 1.33. The molecule has 0 saturated carbocycles. The van der Waals surface area contributed by atoms with Gasteiger partial charge in [0.05, 0.1) is 4.90 Å². The minimum absolute atomic E-state index is 0.000738. The molecule has 2 amide bonds. The summed E-state index contributed by atoms with van der Waals surface area (Å²) < 4.78 is 38.6. The Labute approximate surface area is 190 Å². The van der Waals surface area contributed by atoms with E-state index in [1.807, 2.05) is 6.92 Å². The SMILES string of the molecule is Cc1ccc(NS(=O)(=O)c2ccc(C(=O)NNC(=O)[C@H]3COc4ccccc4O3)cc2)cc1. The molecule has 3 N–H and O–H groups in total. The standard InChI is InChI=1S/C23H21N3O6S/c1-15-6-10-17(11-7-15)26-33(29,30)18-12-8-16(9-13-18)22(27)24-25-23(28)21-14-31-19-4-2-3-5-20(19)32-21/h2-13,21,26H,14H2,1H3,(H,24,27)(H,25,28)/t21-/m1/s1. The molecular weight excluding hydrogens is 446 g/mol. The number of fused-ring (bicyclic) bond motifs is 1. The molecule has 0 unspecified atom stereocenters. The number of carbonyl (C=O) groups excluding carboxylic acids is 2. The maximum Gasteiger partial charge on any atom is 0.283 e. The van der Waals surface area contributed by atoms with Gasteiger partial charge in [-0.05, 0) is 55.5 Å². The number of benzene rings is 3. The molecule has 9 nitrogen and oxygen atoms in total. The van der Waals surface area contributed by atoms with E-state index in [0.29, 0.717) is 17.2 Å². The van der Waals surface area contributed by atoms with Crippen LogP contribution in [0.5, 0.6) is 11.5 Å². The monoisotopic (exact) mass is 467 g/mol. The third-order valence-electron chi connectivity index (χ3n) is 4.83. The predicted molar refractivity (Wildman–Crippen MR) is 120 cm³/mol. The van der Waals surface area contributed by atoms with Crippen LogP contribution < -0.4 is 25.0 Å². The lowest BCUT2D eigenvalue weighted by atomic mass is 10.2. The first-order valence-electron chi connectivity index (χ1n) is 10.00. The maximum absolute atomic E-state index is 12.6. The lowest BCUT2D eigenvalue weighted by Crippen LogP contribution is -2.50. The summed E-state index contributed by atoms with van der Waals surface area (Å²) in [7, 11) is -3.82. The fraction of sp³-hybridized carbons (Fsp3) is 0.130. The van der Waals surface area contributed by atoms with Crippen LogP contribution in [0, 0.1) is 6.92 Å². The first-order chi connectivity index (χ1) is 15.8. The highest BCUT2D eigenvalue weighted by atomic mass is 32.2. The Morgan fingerprint density at radius 1 is 0.879 bits per heavy atom. The van der Waals surface area contributed by atoms with Crippen molar-refractivity contribution in [2.75, 3.05) is 11.3 Å². The molecule has 1 atom stereocenters. The second-order valence-electron chi connectivity index (χ2n) is 7.30. The molecule has 4 rings (SSSR count). The quantitative estimate of drug-likeness (QED) is 0.495. The second-order valence-corrected chi connectivity index (χ2v) is 8.99. The fourth-order valence-corrected chi connectivity index (χ4v) is 4.10. The Bertz CT molecular complexity index is 1270. The van der Waals surface area contributed by atoms with E-state index in [1.165, 1.54) is 24.3 Å². The van der Waals surface area contributed by atoms with Crippen molar-refractivity contribution in [3.8, 4) is 11.5 Å². The van der Waals surface area contributed by atoms with Crippen molar-refractivity contribution in [3.05, 3.63) is 83.9 Å². The molecule has 10 heteroatoms. The van der Waals surface area contributed by atoms with Gasteiger partial charge in [-0.15, -0.1) is 0 Å². The molecule has 33 heavy (non-hydrogen) atoms. The zero-order valence-corrected chi connectivity index (χ0v) is 18.4. The van der Waals surface area contributed by atoms with Gasteiger partial charge in [0.1, 0.15) is 6.61 Å². The fourth-order valence-electron chi connectivity index (χ4n) is 3.04. The molecule has 0 fully saturated rings. The van der Waals surface area contributed by atoms with E-state index in [0.717, 1.165) is 5.56 Å². The molecule has 0 spiro atoms. The summed E-state index contributed by atoms with van der Waals surface area (Å²) in [6.07, 6.45) is -0.930. The zero-order chi connectivity index (χ0) is 23.4. The van der Waals surface area contributed by atoms with Crippen LogP contribution in [0.4, 0.5) is 5.69 Å². The van der Waals surface area contributed by atoms with E-state index in [1.54, 1.807) is 48.5 Å². The topological polar surface area (TPSA) is 123 Å². The Hall–Kier alpha value is -4.05. The Morgan fingerprint density at radius 2 is 1.55 bits per heavy atom. The van der Waals surface area contributed by atoms with E-state index in [4.69, 9.17) is 9.47 Å². The van der Waals surface area contributed by atoms with Gasteiger partial charge >= 0.3 is 0 Å². The predicted octanol–water partition coefficient (Wildman–Crippen LogP) is 2.40. The highest BCUT2D eigenvalue weighted by Crippen LogP contribution is 2.30. The summed E-state index contributed by atoms with van der Waals surface area (Å²) in [6, 6.07) is 19.2. The molecule has 0 radical (unpaired) electrons. The van der Waals surface area contributed by atoms with Gasteiger partial charge in [0.2, 0.25) is 6.10 Å². The minimum atomic E-state index is -3.82. The largest absolute Gasteiger partial charge is 0.485 e. The Morgan fingerprint density at radius 3 is 2.24 bits per heavy atom. The smallest absolute Gasteiger partial charge is 0.283 e. The summed E-state index contributed by atoms with van der Waals surface area (Å²) in [5.74, 6) is -0.223. The molecule has 3 aromatic carbocycles. The maximum atomic E-state index is 12.6. The number of anilines is 1. The van der Waals surface area contributed by atoms with Gasteiger partial charge in [-0.2, -0.15) is 0 Å². The molecular formula is C23H21N3O6S. The van der Waals surface area contributed by atoms with Crippen molar-refractivity contribution in [3.63, 3.8) is 0 Å². The van der Waals surface area contributed by atoms with Crippen LogP contribution in [0.25, 0.3) is 0 Å². The van der Waals surface area contributed by atoms with Gasteiger partial charge in [-0.3, -0.25) is 25.2 Å². The highest BCUT2D eigenvalue weighted by Gasteiger charge is 2.27. The molecule has 1 aliphatic rings. The van der Waals surface area contributed by atoms with Crippen molar-refractivity contribution >= 4 is 27.5 Å². The van der Waals surface area contributed by atoms with Crippen molar-refractivity contribution < 1.29 is 27.5 Å². The van der Waals surface area contributed by atoms with E-state index in [9.17, 15) is 18.0 Å². The molecule has 0 aromatic heterocycles. The van der Waals surface area contributed by atoms with Crippen LogP contribution in [0.2, 0.25) is 0 Å². The molecule has 1 aliphatic heterocycles. The van der Waals surface area contributed by atoms with Gasteiger partial charge in [0, 0.05) is 11.3 Å². The van der Waals surface area contributed by atoms with Crippen LogP contribution in [0.15, 0.2) is 77.7 Å². The summed E-state index contributed by atoms with van der Waals surface area (Å²) in [5.41, 5.74) is 6.18. The first-order valence-corrected chi connectivity index (χ1v) is 11.5. The van der Waals surface area contributed by atoms with Crippen molar-refractivity contribution in [1.29, 1.82) is 0 Å². The average Bonchev–Trinajstić information content (AvgIpc) is 2.83. The molecule has 3 aromatic rings. The summed E-state index contributed by atoms with van der Waals surface area (Å²) in [4.78, 5) is 24.7. The zero-order valence-electron chi connectivity index (χ0n) is 17.6. The lowest BCUT2D eigenvalue weighted by molar-refractivity contribution is -0.131. The minimum Gasteiger partial charge on any atom is -0.485 e. The highest BCUT2D eigenvalue weighted by molar-refractivity contribution is 7.92. The van der Waals surface area contributed by atoms with Crippen LogP contribution in [-0.4, -0.2) is 32.9 Å². The number of rotatable bonds is 5. The van der Waals surface area contributed by atoms with Gasteiger partial charge in [-0.1, -0.05) is 29.8 Å². The van der Waals surface area contributed by atoms with E-state index in [-0.39, 0.29) is 17.1 Å². The molecule has 0 bridgehead atoms. The number of nitrogens with one attached hydrogen (secondary N) is 3. The van der Waals surface area contributed by atoms with Crippen LogP contribution in [-0.2, 0) is 14.8 Å². The third-order valence-corrected chi connectivity index (χ3v) is 6.23. The van der Waals surface area contributed by atoms with E-state index >= 15 is 0 Å². The van der Waals surface area contributed by atoms with Gasteiger partial charge in [-0.25, -0.2) is 8.42 Å². The number of ether oxygens (including phenoxy) is 2. The molecule has 1 heterocycles. The molecule has 0 saturated heterocycles. The molecule has 170 valence electrons. The number of hydrogen-bond acceptors (Lipinski definition) is 6. The van der Waals surface area contributed by atoms with Crippen LogP contribution in [0.1, 0.15) is 15.9 Å². The number of amides is 2. The van der Waals surface area contributed by atoms with Crippen LogP contribution >= 0.6 is 0 Å². The number of sulfonamides is 1. The normalized spacial score (nSPS) is 14.8. The lowest BCUT2D eigenvalue weighted by Gasteiger charge is -2.25. The number of hydrazine groups is 1. The van der Waals surface area contributed by atoms with Gasteiger partial charge in [0.15, 0.2) is 11.5 Å². The van der Waals surface area contributed by atoms with Crippen molar-refractivity contribution in [2.24, 2.45) is 0 Å². The molecule has 0 aliphatic carbocycles. The van der Waals surface area contributed by atoms with E-state index in [2.05, 4.69) is 15.6 Å². The summed E-state index contributed by atoms with van der Waals surface area (Å²) in [6.45, 7) is 1.90. The summed E-state index contributed by atoms with van der Waals surface area (Å²) in [5, 5.41) is 0. The van der Waals surface area contributed by atoms with E-state index < -0.39 is 27.9 Å². The summed E-state index contributed by atoms with van der Waals surface area (Å²) >= 11 is 0. The van der Waals surface area contributed by atoms with Crippen LogP contribution in [0.3, 0.4) is 0 Å². The van der Waals surface area contributed by atoms with Crippen molar-refractivity contribution in [1.82, 2.24) is 10.9 Å². The van der Waals surface area contributed by atoms with Gasteiger partial charge in [0.25, 0.3) is 21.8 Å². The Kier molecular flexibility index (Phi) is 6.18. The number of para-hydroxylation sites is 2.